The first-order valence-corrected chi connectivity index (χ1v) is 10.3. The number of benzene rings is 2. The van der Waals surface area contributed by atoms with E-state index in [1.54, 1.807) is 17.0 Å². The van der Waals surface area contributed by atoms with Crippen LogP contribution in [-0.4, -0.2) is 57.3 Å². The molecule has 5 rings (SSSR count). The van der Waals surface area contributed by atoms with Gasteiger partial charge in [0.2, 0.25) is 0 Å². The molecule has 1 aliphatic heterocycles. The third kappa shape index (κ3) is 3.11. The lowest BCUT2D eigenvalue weighted by molar-refractivity contribution is 0.208. The summed E-state index contributed by atoms with van der Waals surface area (Å²) in [5, 5.41) is 8.51. The van der Waals surface area contributed by atoms with Gasteiger partial charge in [-0.1, -0.05) is 11.6 Å². The molecule has 0 spiro atoms. The van der Waals surface area contributed by atoms with Crippen molar-refractivity contribution in [2.45, 2.75) is 19.9 Å². The number of halogens is 3. The fourth-order valence-corrected chi connectivity index (χ4v) is 4.27. The zero-order valence-corrected chi connectivity index (χ0v) is 17.4. The Hall–Kier alpha value is -2.71. The molecule has 6 nitrogen and oxygen atoms in total. The van der Waals surface area contributed by atoms with Gasteiger partial charge in [0.05, 0.1) is 11.0 Å². The molecule has 2 aromatic heterocycles. The molecule has 1 saturated heterocycles. The molecule has 9 heteroatoms. The van der Waals surface area contributed by atoms with Crippen molar-refractivity contribution in [1.29, 1.82) is 0 Å². The van der Waals surface area contributed by atoms with Gasteiger partial charge in [-0.25, -0.2) is 13.8 Å². The lowest BCUT2D eigenvalue weighted by atomic mass is 10.2. The number of aromatic nitrogens is 4. The minimum absolute atomic E-state index is 0.0149. The van der Waals surface area contributed by atoms with Crippen LogP contribution < -0.4 is 4.90 Å². The van der Waals surface area contributed by atoms with Crippen molar-refractivity contribution in [3.05, 3.63) is 40.9 Å². The number of hydrogen-bond acceptors (Lipinski definition) is 4. The zero-order chi connectivity index (χ0) is 21.0. The maximum Gasteiger partial charge on any atom is 0.177 e. The highest BCUT2D eigenvalue weighted by atomic mass is 35.5. The predicted molar refractivity (Wildman–Crippen MR) is 115 cm³/mol. The van der Waals surface area contributed by atoms with Crippen LogP contribution in [0.2, 0.25) is 5.02 Å². The second kappa shape index (κ2) is 7.21. The number of fused-ring (bicyclic) bond motifs is 2. The molecule has 0 bridgehead atoms. The van der Waals surface area contributed by atoms with Crippen molar-refractivity contribution in [3.63, 3.8) is 0 Å². The van der Waals surface area contributed by atoms with Crippen LogP contribution >= 0.6 is 11.6 Å². The minimum atomic E-state index is -0.650. The molecule has 3 heterocycles. The Kier molecular flexibility index (Phi) is 4.63. The Morgan fingerprint density at radius 1 is 1.07 bits per heavy atom. The standard InChI is InChI=1S/C21H21ClF2N6/c1-11(2)29-5-7-30(8-6-29)20-14(23)10-16-19(17(20)24)26-21(25-16)18-13-9-12(22)3-4-15(13)27-28-18/h3-4,9-11H,5-8H2,1-2H3,(H,25,26)(H,27,28). The number of aromatic amines is 2. The smallest absolute Gasteiger partial charge is 0.177 e. The number of anilines is 1. The first-order valence-electron chi connectivity index (χ1n) is 9.93. The molecular weight excluding hydrogens is 410 g/mol. The van der Waals surface area contributed by atoms with Gasteiger partial charge < -0.3 is 9.88 Å². The number of rotatable bonds is 3. The van der Waals surface area contributed by atoms with Gasteiger partial charge in [-0.15, -0.1) is 0 Å². The van der Waals surface area contributed by atoms with E-state index in [-0.39, 0.29) is 11.2 Å². The third-order valence-electron chi connectivity index (χ3n) is 5.75. The molecule has 2 aromatic carbocycles. The number of nitrogens with zero attached hydrogens (tertiary/aromatic N) is 4. The van der Waals surface area contributed by atoms with Crippen molar-refractivity contribution in [2.75, 3.05) is 31.1 Å². The van der Waals surface area contributed by atoms with E-state index in [4.69, 9.17) is 11.6 Å². The van der Waals surface area contributed by atoms with Crippen LogP contribution in [0.1, 0.15) is 13.8 Å². The topological polar surface area (TPSA) is 63.8 Å². The molecule has 0 aliphatic carbocycles. The van der Waals surface area contributed by atoms with Crippen molar-refractivity contribution in [3.8, 4) is 11.5 Å². The summed E-state index contributed by atoms with van der Waals surface area (Å²) >= 11 is 6.11. The number of piperazine rings is 1. The Balaban J connectivity index is 1.56. The van der Waals surface area contributed by atoms with Gasteiger partial charge in [0.1, 0.15) is 16.9 Å². The highest BCUT2D eigenvalue weighted by Gasteiger charge is 2.26. The molecule has 0 unspecified atom stereocenters. The Labute approximate surface area is 176 Å². The average molecular weight is 431 g/mol. The van der Waals surface area contributed by atoms with E-state index in [1.807, 2.05) is 6.07 Å². The van der Waals surface area contributed by atoms with Gasteiger partial charge in [-0.2, -0.15) is 5.10 Å². The van der Waals surface area contributed by atoms with E-state index >= 15 is 4.39 Å². The fraction of sp³-hybridized carbons (Fsp3) is 0.333. The van der Waals surface area contributed by atoms with E-state index < -0.39 is 11.6 Å². The molecule has 0 atom stereocenters. The molecule has 2 N–H and O–H groups in total. The van der Waals surface area contributed by atoms with E-state index in [9.17, 15) is 4.39 Å². The predicted octanol–water partition coefficient (Wildman–Crippen LogP) is 4.57. The second-order valence-corrected chi connectivity index (χ2v) is 8.32. The molecule has 30 heavy (non-hydrogen) atoms. The highest BCUT2D eigenvalue weighted by Crippen LogP contribution is 2.33. The lowest BCUT2D eigenvalue weighted by Gasteiger charge is -2.38. The molecular formula is C21H21ClF2N6. The summed E-state index contributed by atoms with van der Waals surface area (Å²) in [5.74, 6) is -0.884. The summed E-state index contributed by atoms with van der Waals surface area (Å²) in [6, 6.07) is 7.05. The quantitative estimate of drug-likeness (QED) is 0.500. The van der Waals surface area contributed by atoms with Crippen LogP contribution in [0.25, 0.3) is 33.5 Å². The van der Waals surface area contributed by atoms with Crippen LogP contribution in [0.15, 0.2) is 24.3 Å². The van der Waals surface area contributed by atoms with E-state index in [1.165, 1.54) is 6.07 Å². The molecule has 0 radical (unpaired) electrons. The van der Waals surface area contributed by atoms with Crippen molar-refractivity contribution >= 4 is 39.2 Å². The van der Waals surface area contributed by atoms with Gasteiger partial charge in [-0.3, -0.25) is 10.00 Å². The minimum Gasteiger partial charge on any atom is -0.364 e. The van der Waals surface area contributed by atoms with Crippen LogP contribution in [0, 0.1) is 11.6 Å². The van der Waals surface area contributed by atoms with Crippen molar-refractivity contribution < 1.29 is 8.78 Å². The largest absolute Gasteiger partial charge is 0.364 e. The number of imidazole rings is 1. The first-order chi connectivity index (χ1) is 14.4. The van der Waals surface area contributed by atoms with Gasteiger partial charge >= 0.3 is 0 Å². The fourth-order valence-electron chi connectivity index (χ4n) is 4.10. The van der Waals surface area contributed by atoms with Crippen LogP contribution in [0.5, 0.6) is 0 Å². The van der Waals surface area contributed by atoms with Crippen LogP contribution in [0.4, 0.5) is 14.5 Å². The highest BCUT2D eigenvalue weighted by molar-refractivity contribution is 6.31. The SMILES string of the molecule is CC(C)N1CCN(c2c(F)cc3[nH]c(-c4n[nH]c5ccc(Cl)cc45)nc3c2F)CC1. The normalized spacial score (nSPS) is 15.7. The summed E-state index contributed by atoms with van der Waals surface area (Å²) in [6.45, 7) is 6.91. The molecule has 1 aliphatic rings. The summed E-state index contributed by atoms with van der Waals surface area (Å²) < 4.78 is 30.3. The monoisotopic (exact) mass is 430 g/mol. The van der Waals surface area contributed by atoms with Crippen LogP contribution in [-0.2, 0) is 0 Å². The van der Waals surface area contributed by atoms with Crippen molar-refractivity contribution in [1.82, 2.24) is 25.1 Å². The molecule has 156 valence electrons. The van der Waals surface area contributed by atoms with Crippen LogP contribution in [0.3, 0.4) is 0 Å². The molecule has 0 amide bonds. The number of nitrogens with one attached hydrogen (secondary N) is 2. The van der Waals surface area contributed by atoms with Gasteiger partial charge in [0, 0.05) is 48.7 Å². The molecule has 0 saturated carbocycles. The van der Waals surface area contributed by atoms with Gasteiger partial charge in [-0.05, 0) is 32.0 Å². The maximum atomic E-state index is 15.4. The second-order valence-electron chi connectivity index (χ2n) is 7.88. The van der Waals surface area contributed by atoms with E-state index in [0.29, 0.717) is 41.2 Å². The first kappa shape index (κ1) is 19.3. The summed E-state index contributed by atoms with van der Waals surface area (Å²) in [7, 11) is 0. The summed E-state index contributed by atoms with van der Waals surface area (Å²) in [5.41, 5.74) is 1.67. The molecule has 4 aromatic rings. The van der Waals surface area contributed by atoms with Gasteiger partial charge in [0.15, 0.2) is 17.5 Å². The Morgan fingerprint density at radius 2 is 1.83 bits per heavy atom. The Bertz CT molecular complexity index is 1240. The zero-order valence-electron chi connectivity index (χ0n) is 16.6. The number of hydrogen-bond donors (Lipinski definition) is 2. The third-order valence-corrected chi connectivity index (χ3v) is 5.99. The average Bonchev–Trinajstić information content (AvgIpc) is 3.32. The van der Waals surface area contributed by atoms with Gasteiger partial charge in [0.25, 0.3) is 0 Å². The molecule has 1 fully saturated rings. The summed E-state index contributed by atoms with van der Waals surface area (Å²) in [6.07, 6.45) is 0. The lowest BCUT2D eigenvalue weighted by Crippen LogP contribution is -2.49. The van der Waals surface area contributed by atoms with E-state index in [2.05, 4.69) is 38.9 Å². The summed E-state index contributed by atoms with van der Waals surface area (Å²) in [4.78, 5) is 11.5. The van der Waals surface area contributed by atoms with E-state index in [0.717, 1.165) is 24.0 Å². The van der Waals surface area contributed by atoms with Crippen molar-refractivity contribution in [2.24, 2.45) is 0 Å². The number of H-pyrrole nitrogens is 2. The Morgan fingerprint density at radius 3 is 2.57 bits per heavy atom. The maximum absolute atomic E-state index is 15.4.